The molecule has 78 valence electrons. The number of aromatic nitrogens is 3. The van der Waals surface area contributed by atoms with E-state index in [1.54, 1.807) is 12.4 Å². The van der Waals surface area contributed by atoms with Crippen LogP contribution in [0, 0.1) is 13.8 Å². The van der Waals surface area contributed by atoms with Crippen LogP contribution in [0.2, 0.25) is 0 Å². The smallest absolute Gasteiger partial charge is 0.0730 e. The van der Waals surface area contributed by atoms with Gasteiger partial charge in [-0.3, -0.25) is 9.67 Å². The Balaban J connectivity index is 2.30. The largest absolute Gasteiger partial charge is 0.396 e. The minimum Gasteiger partial charge on any atom is -0.396 e. The molecule has 2 heterocycles. The molecular formula is C11H14N4. The zero-order valence-corrected chi connectivity index (χ0v) is 8.94. The van der Waals surface area contributed by atoms with Gasteiger partial charge in [0.2, 0.25) is 0 Å². The molecule has 0 fully saturated rings. The van der Waals surface area contributed by atoms with E-state index in [-0.39, 0.29) is 0 Å². The maximum Gasteiger partial charge on any atom is 0.0730 e. The van der Waals surface area contributed by atoms with Gasteiger partial charge in [-0.05, 0) is 25.5 Å². The third-order valence-electron chi connectivity index (χ3n) is 2.58. The zero-order valence-electron chi connectivity index (χ0n) is 8.94. The molecule has 2 aromatic rings. The van der Waals surface area contributed by atoms with Crippen LogP contribution >= 0.6 is 0 Å². The third kappa shape index (κ3) is 1.83. The van der Waals surface area contributed by atoms with Crippen molar-refractivity contribution in [2.24, 2.45) is 0 Å². The molecular weight excluding hydrogens is 188 g/mol. The van der Waals surface area contributed by atoms with Crippen molar-refractivity contribution in [3.63, 3.8) is 0 Å². The number of aryl methyl sites for hydroxylation is 1. The number of nitrogens with zero attached hydrogens (tertiary/aromatic N) is 3. The number of hydrogen-bond donors (Lipinski definition) is 1. The van der Waals surface area contributed by atoms with Gasteiger partial charge in [-0.2, -0.15) is 5.10 Å². The van der Waals surface area contributed by atoms with E-state index in [1.165, 1.54) is 5.56 Å². The lowest BCUT2D eigenvalue weighted by Crippen LogP contribution is -2.06. The third-order valence-corrected chi connectivity index (χ3v) is 2.58. The van der Waals surface area contributed by atoms with E-state index < -0.39 is 0 Å². The van der Waals surface area contributed by atoms with E-state index in [1.807, 2.05) is 24.6 Å². The van der Waals surface area contributed by atoms with Gasteiger partial charge in [-0.25, -0.2) is 0 Å². The minimum atomic E-state index is 0.725. The van der Waals surface area contributed by atoms with Gasteiger partial charge in [0.1, 0.15) is 0 Å². The number of nitrogen functional groups attached to an aromatic ring is 1. The van der Waals surface area contributed by atoms with E-state index in [0.29, 0.717) is 0 Å². The highest BCUT2D eigenvalue weighted by Crippen LogP contribution is 2.12. The molecule has 2 aromatic heterocycles. The summed E-state index contributed by atoms with van der Waals surface area (Å²) in [6.07, 6.45) is 3.48. The highest BCUT2D eigenvalue weighted by molar-refractivity contribution is 5.40. The summed E-state index contributed by atoms with van der Waals surface area (Å²) in [5.74, 6) is 0. The fourth-order valence-electron chi connectivity index (χ4n) is 1.47. The van der Waals surface area contributed by atoms with Crippen LogP contribution in [-0.4, -0.2) is 14.8 Å². The lowest BCUT2D eigenvalue weighted by Gasteiger charge is -2.06. The summed E-state index contributed by atoms with van der Waals surface area (Å²) in [5.41, 5.74) is 9.67. The normalized spacial score (nSPS) is 10.5. The van der Waals surface area contributed by atoms with Gasteiger partial charge in [-0.1, -0.05) is 6.07 Å². The van der Waals surface area contributed by atoms with Crippen LogP contribution in [0.4, 0.5) is 5.69 Å². The Morgan fingerprint density at radius 2 is 2.20 bits per heavy atom. The Labute approximate surface area is 88.8 Å². The molecule has 0 saturated carbocycles. The Bertz CT molecular complexity index is 473. The van der Waals surface area contributed by atoms with Crippen LogP contribution in [0.5, 0.6) is 0 Å². The number of hydrogen-bond acceptors (Lipinski definition) is 3. The molecule has 0 amide bonds. The van der Waals surface area contributed by atoms with Crippen LogP contribution in [0.1, 0.15) is 17.0 Å². The van der Waals surface area contributed by atoms with Crippen molar-refractivity contribution >= 4 is 5.69 Å². The van der Waals surface area contributed by atoms with E-state index in [2.05, 4.69) is 16.1 Å². The number of anilines is 1. The Kier molecular flexibility index (Phi) is 2.41. The van der Waals surface area contributed by atoms with E-state index in [4.69, 9.17) is 5.73 Å². The van der Waals surface area contributed by atoms with Gasteiger partial charge >= 0.3 is 0 Å². The predicted molar refractivity (Wildman–Crippen MR) is 59.5 cm³/mol. The first kappa shape index (κ1) is 9.71. The van der Waals surface area contributed by atoms with Gasteiger partial charge in [0.05, 0.1) is 24.1 Å². The van der Waals surface area contributed by atoms with E-state index in [9.17, 15) is 0 Å². The van der Waals surface area contributed by atoms with Crippen molar-refractivity contribution in [2.75, 3.05) is 5.73 Å². The first-order valence-electron chi connectivity index (χ1n) is 4.87. The maximum absolute atomic E-state index is 5.73. The highest BCUT2D eigenvalue weighted by atomic mass is 15.3. The SMILES string of the molecule is Cc1ncccc1Cn1ncc(N)c1C. The fourth-order valence-corrected chi connectivity index (χ4v) is 1.47. The van der Waals surface area contributed by atoms with Crippen LogP contribution in [0.25, 0.3) is 0 Å². The summed E-state index contributed by atoms with van der Waals surface area (Å²) in [7, 11) is 0. The molecule has 0 bridgehead atoms. The molecule has 0 aliphatic carbocycles. The van der Waals surface area contributed by atoms with Gasteiger partial charge in [-0.15, -0.1) is 0 Å². The second-order valence-electron chi connectivity index (χ2n) is 3.59. The molecule has 0 aliphatic rings. The van der Waals surface area contributed by atoms with Crippen LogP contribution in [-0.2, 0) is 6.54 Å². The Hall–Kier alpha value is -1.84. The topological polar surface area (TPSA) is 56.7 Å². The molecule has 2 rings (SSSR count). The van der Waals surface area contributed by atoms with Crippen LogP contribution in [0.3, 0.4) is 0 Å². The molecule has 0 aromatic carbocycles. The molecule has 0 radical (unpaired) electrons. The molecule has 15 heavy (non-hydrogen) atoms. The molecule has 0 atom stereocenters. The Morgan fingerprint density at radius 3 is 2.80 bits per heavy atom. The van der Waals surface area contributed by atoms with Crippen LogP contribution in [0.15, 0.2) is 24.5 Å². The number of nitrogens with two attached hydrogens (primary N) is 1. The molecule has 0 saturated heterocycles. The Morgan fingerprint density at radius 1 is 1.40 bits per heavy atom. The van der Waals surface area contributed by atoms with Gasteiger partial charge in [0.15, 0.2) is 0 Å². The standard InChI is InChI=1S/C11H14N4/c1-8-10(4-3-5-13-8)7-15-9(2)11(12)6-14-15/h3-6H,7,12H2,1-2H3. The summed E-state index contributed by atoms with van der Waals surface area (Å²) < 4.78 is 1.89. The van der Waals surface area contributed by atoms with Crippen molar-refractivity contribution in [3.8, 4) is 0 Å². The monoisotopic (exact) mass is 202 g/mol. The first-order valence-corrected chi connectivity index (χ1v) is 4.87. The van der Waals surface area contributed by atoms with Gasteiger partial charge in [0.25, 0.3) is 0 Å². The fraction of sp³-hybridized carbons (Fsp3) is 0.273. The summed E-state index contributed by atoms with van der Waals surface area (Å²) >= 11 is 0. The molecule has 0 aliphatic heterocycles. The van der Waals surface area contributed by atoms with E-state index >= 15 is 0 Å². The first-order chi connectivity index (χ1) is 7.18. The average molecular weight is 202 g/mol. The number of pyridine rings is 1. The van der Waals surface area contributed by atoms with Crippen molar-refractivity contribution in [3.05, 3.63) is 41.5 Å². The summed E-state index contributed by atoms with van der Waals surface area (Å²) in [6.45, 7) is 4.69. The summed E-state index contributed by atoms with van der Waals surface area (Å²) in [6, 6.07) is 3.99. The minimum absolute atomic E-state index is 0.725. The molecule has 4 heteroatoms. The lowest BCUT2D eigenvalue weighted by atomic mass is 10.2. The van der Waals surface area contributed by atoms with Crippen molar-refractivity contribution < 1.29 is 0 Å². The van der Waals surface area contributed by atoms with Crippen molar-refractivity contribution in [1.82, 2.24) is 14.8 Å². The van der Waals surface area contributed by atoms with Crippen molar-refractivity contribution in [1.29, 1.82) is 0 Å². The van der Waals surface area contributed by atoms with Gasteiger partial charge < -0.3 is 5.73 Å². The van der Waals surface area contributed by atoms with Crippen molar-refractivity contribution in [2.45, 2.75) is 20.4 Å². The highest BCUT2D eigenvalue weighted by Gasteiger charge is 2.05. The quantitative estimate of drug-likeness (QED) is 0.803. The molecule has 0 spiro atoms. The predicted octanol–water partition coefficient (Wildman–Crippen LogP) is 1.53. The second kappa shape index (κ2) is 3.73. The second-order valence-corrected chi connectivity index (χ2v) is 3.59. The summed E-state index contributed by atoms with van der Waals surface area (Å²) in [5, 5.41) is 4.22. The van der Waals surface area contributed by atoms with Gasteiger partial charge in [0, 0.05) is 11.9 Å². The van der Waals surface area contributed by atoms with Crippen LogP contribution < -0.4 is 5.73 Å². The molecule has 2 N–H and O–H groups in total. The average Bonchev–Trinajstić information content (AvgIpc) is 2.53. The lowest BCUT2D eigenvalue weighted by molar-refractivity contribution is 0.660. The summed E-state index contributed by atoms with van der Waals surface area (Å²) in [4.78, 5) is 4.24. The maximum atomic E-state index is 5.73. The molecule has 0 unspecified atom stereocenters. The molecule has 4 nitrogen and oxygen atoms in total. The van der Waals surface area contributed by atoms with E-state index in [0.717, 1.165) is 23.6 Å². The number of rotatable bonds is 2. The zero-order chi connectivity index (χ0) is 10.8.